The summed E-state index contributed by atoms with van der Waals surface area (Å²) in [6.07, 6.45) is 0.888. The van der Waals surface area contributed by atoms with Crippen molar-refractivity contribution in [1.82, 2.24) is 15.3 Å². The number of nitrogens with zero attached hydrogens (tertiary/aromatic N) is 2. The molecule has 2 aliphatic rings. The van der Waals surface area contributed by atoms with Crippen molar-refractivity contribution in [3.63, 3.8) is 0 Å². The Morgan fingerprint density at radius 2 is 2.18 bits per heavy atom. The van der Waals surface area contributed by atoms with Gasteiger partial charge in [-0.05, 0) is 6.92 Å². The molecule has 92 valence electrons. The van der Waals surface area contributed by atoms with E-state index in [9.17, 15) is 0 Å². The van der Waals surface area contributed by atoms with E-state index in [1.54, 1.807) is 0 Å². The Morgan fingerprint density at radius 3 is 3.00 bits per heavy atom. The molecule has 3 heterocycles. The summed E-state index contributed by atoms with van der Waals surface area (Å²) in [5.74, 6) is 0.841. The molecule has 1 fully saturated rings. The number of nitrogens with one attached hydrogen (secondary N) is 1. The molecule has 1 atom stereocenters. The molecule has 0 bridgehead atoms. The summed E-state index contributed by atoms with van der Waals surface area (Å²) in [5.41, 5.74) is 3.36. The quantitative estimate of drug-likeness (QED) is 0.769. The number of morpholine rings is 1. The zero-order valence-electron chi connectivity index (χ0n) is 10.0. The van der Waals surface area contributed by atoms with E-state index in [1.165, 1.54) is 0 Å². The standard InChI is InChI=1S/C12H17N3O2/c1-8-14-10-2-4-16-6-9(10)12(15-8)11-7-17-5-3-13-11/h11,13H,2-7H2,1H3. The Morgan fingerprint density at radius 1 is 1.24 bits per heavy atom. The third kappa shape index (κ3) is 2.18. The van der Waals surface area contributed by atoms with Crippen molar-refractivity contribution < 1.29 is 9.47 Å². The van der Waals surface area contributed by atoms with Crippen LogP contribution in [0.4, 0.5) is 0 Å². The minimum atomic E-state index is 0.181. The fourth-order valence-corrected chi connectivity index (χ4v) is 2.41. The average Bonchev–Trinajstić information content (AvgIpc) is 2.39. The summed E-state index contributed by atoms with van der Waals surface area (Å²) in [6, 6.07) is 0.181. The third-order valence-corrected chi connectivity index (χ3v) is 3.22. The Balaban J connectivity index is 1.98. The molecule has 5 heteroatoms. The zero-order valence-corrected chi connectivity index (χ0v) is 10.0. The van der Waals surface area contributed by atoms with Gasteiger partial charge < -0.3 is 14.8 Å². The fourth-order valence-electron chi connectivity index (χ4n) is 2.41. The van der Waals surface area contributed by atoms with Crippen LogP contribution in [0.15, 0.2) is 0 Å². The van der Waals surface area contributed by atoms with Crippen LogP contribution >= 0.6 is 0 Å². The van der Waals surface area contributed by atoms with Gasteiger partial charge in [0.2, 0.25) is 0 Å². The van der Waals surface area contributed by atoms with Crippen LogP contribution in [0.2, 0.25) is 0 Å². The lowest BCUT2D eigenvalue weighted by Crippen LogP contribution is -2.36. The second-order valence-electron chi connectivity index (χ2n) is 4.47. The van der Waals surface area contributed by atoms with Crippen LogP contribution in [-0.2, 0) is 22.5 Å². The first-order valence-electron chi connectivity index (χ1n) is 6.10. The maximum atomic E-state index is 5.52. The molecule has 2 aliphatic heterocycles. The normalized spacial score (nSPS) is 24.4. The molecule has 1 N–H and O–H groups in total. The molecule has 0 aromatic carbocycles. The number of fused-ring (bicyclic) bond motifs is 1. The number of rotatable bonds is 1. The summed E-state index contributed by atoms with van der Waals surface area (Å²) in [7, 11) is 0. The summed E-state index contributed by atoms with van der Waals surface area (Å²) in [4.78, 5) is 9.09. The maximum Gasteiger partial charge on any atom is 0.125 e. The van der Waals surface area contributed by atoms with Gasteiger partial charge in [0.25, 0.3) is 0 Å². The van der Waals surface area contributed by atoms with Gasteiger partial charge in [0.1, 0.15) is 5.82 Å². The van der Waals surface area contributed by atoms with E-state index in [4.69, 9.17) is 9.47 Å². The highest BCUT2D eigenvalue weighted by molar-refractivity contribution is 5.29. The molecule has 0 saturated carbocycles. The third-order valence-electron chi connectivity index (χ3n) is 3.22. The van der Waals surface area contributed by atoms with Crippen LogP contribution in [0.1, 0.15) is 28.8 Å². The number of hydrogen-bond acceptors (Lipinski definition) is 5. The minimum Gasteiger partial charge on any atom is -0.378 e. The van der Waals surface area contributed by atoms with Crippen LogP contribution in [0.5, 0.6) is 0 Å². The van der Waals surface area contributed by atoms with Crippen molar-refractivity contribution in [3.8, 4) is 0 Å². The van der Waals surface area contributed by atoms with Crippen molar-refractivity contribution in [2.24, 2.45) is 0 Å². The van der Waals surface area contributed by atoms with E-state index >= 15 is 0 Å². The van der Waals surface area contributed by atoms with Gasteiger partial charge in [0.15, 0.2) is 0 Å². The molecule has 1 aromatic heterocycles. The molecule has 0 spiro atoms. The SMILES string of the molecule is Cc1nc2c(c(C3COCCN3)n1)COCC2. The van der Waals surface area contributed by atoms with Gasteiger partial charge in [-0.1, -0.05) is 0 Å². The van der Waals surface area contributed by atoms with Gasteiger partial charge in [0.05, 0.1) is 43.9 Å². The molecular formula is C12H17N3O2. The summed E-state index contributed by atoms with van der Waals surface area (Å²) >= 11 is 0. The van der Waals surface area contributed by atoms with Gasteiger partial charge in [-0.2, -0.15) is 0 Å². The lowest BCUT2D eigenvalue weighted by molar-refractivity contribution is 0.0716. The number of aryl methyl sites for hydroxylation is 1. The first kappa shape index (κ1) is 11.1. The predicted molar refractivity (Wildman–Crippen MR) is 61.7 cm³/mol. The average molecular weight is 235 g/mol. The van der Waals surface area contributed by atoms with Crippen molar-refractivity contribution in [2.75, 3.05) is 26.4 Å². The molecule has 1 aromatic rings. The van der Waals surface area contributed by atoms with E-state index in [0.717, 1.165) is 49.0 Å². The molecule has 1 saturated heterocycles. The van der Waals surface area contributed by atoms with Crippen molar-refractivity contribution in [1.29, 1.82) is 0 Å². The lowest BCUT2D eigenvalue weighted by Gasteiger charge is -2.27. The summed E-state index contributed by atoms with van der Waals surface area (Å²) < 4.78 is 11.0. The second-order valence-corrected chi connectivity index (χ2v) is 4.47. The molecule has 0 amide bonds. The van der Waals surface area contributed by atoms with Gasteiger partial charge in [-0.3, -0.25) is 0 Å². The molecule has 0 radical (unpaired) electrons. The molecule has 5 nitrogen and oxygen atoms in total. The summed E-state index contributed by atoms with van der Waals surface area (Å²) in [6.45, 7) is 5.68. The van der Waals surface area contributed by atoms with Crippen LogP contribution in [0.25, 0.3) is 0 Å². The van der Waals surface area contributed by atoms with Crippen LogP contribution in [-0.4, -0.2) is 36.3 Å². The Kier molecular flexibility index (Phi) is 3.05. The number of ether oxygens (including phenoxy) is 2. The van der Waals surface area contributed by atoms with Gasteiger partial charge in [-0.15, -0.1) is 0 Å². The zero-order chi connectivity index (χ0) is 11.7. The first-order valence-corrected chi connectivity index (χ1v) is 6.10. The number of hydrogen-bond donors (Lipinski definition) is 1. The minimum absolute atomic E-state index is 0.181. The highest BCUT2D eigenvalue weighted by atomic mass is 16.5. The molecule has 17 heavy (non-hydrogen) atoms. The fraction of sp³-hybridized carbons (Fsp3) is 0.667. The highest BCUT2D eigenvalue weighted by Gasteiger charge is 2.24. The van der Waals surface area contributed by atoms with E-state index in [2.05, 4.69) is 15.3 Å². The van der Waals surface area contributed by atoms with Crippen molar-refractivity contribution >= 4 is 0 Å². The van der Waals surface area contributed by atoms with Gasteiger partial charge in [-0.25, -0.2) is 9.97 Å². The molecule has 1 unspecified atom stereocenters. The topological polar surface area (TPSA) is 56.3 Å². The van der Waals surface area contributed by atoms with E-state index in [0.29, 0.717) is 13.2 Å². The Bertz CT molecular complexity index is 416. The Hall–Kier alpha value is -1.04. The van der Waals surface area contributed by atoms with Gasteiger partial charge >= 0.3 is 0 Å². The molecular weight excluding hydrogens is 218 g/mol. The molecule has 0 aliphatic carbocycles. The van der Waals surface area contributed by atoms with Crippen LogP contribution in [0, 0.1) is 6.92 Å². The smallest absolute Gasteiger partial charge is 0.125 e. The maximum absolute atomic E-state index is 5.52. The first-order chi connectivity index (χ1) is 8.34. The largest absolute Gasteiger partial charge is 0.378 e. The van der Waals surface area contributed by atoms with Crippen LogP contribution in [0.3, 0.4) is 0 Å². The van der Waals surface area contributed by atoms with Crippen molar-refractivity contribution in [2.45, 2.75) is 26.0 Å². The van der Waals surface area contributed by atoms with Gasteiger partial charge in [0, 0.05) is 18.5 Å². The highest BCUT2D eigenvalue weighted by Crippen LogP contribution is 2.24. The lowest BCUT2D eigenvalue weighted by atomic mass is 10.0. The van der Waals surface area contributed by atoms with Crippen LogP contribution < -0.4 is 5.32 Å². The molecule has 3 rings (SSSR count). The number of aromatic nitrogens is 2. The van der Waals surface area contributed by atoms with Crippen molar-refractivity contribution in [3.05, 3.63) is 22.8 Å². The predicted octanol–water partition coefficient (Wildman–Crippen LogP) is 0.519. The second kappa shape index (κ2) is 4.68. The van der Waals surface area contributed by atoms with E-state index in [-0.39, 0.29) is 6.04 Å². The Labute approximate surface area is 101 Å². The monoisotopic (exact) mass is 235 g/mol. The van der Waals surface area contributed by atoms with E-state index in [1.807, 2.05) is 6.92 Å². The van der Waals surface area contributed by atoms with E-state index < -0.39 is 0 Å². The summed E-state index contributed by atoms with van der Waals surface area (Å²) in [5, 5.41) is 3.44.